The van der Waals surface area contributed by atoms with Gasteiger partial charge in [-0.2, -0.15) is 0 Å². The maximum atomic E-state index is 13.1. The van der Waals surface area contributed by atoms with Gasteiger partial charge in [0.2, 0.25) is 0 Å². The van der Waals surface area contributed by atoms with Crippen LogP contribution in [0.3, 0.4) is 0 Å². The highest BCUT2D eigenvalue weighted by Gasteiger charge is 2.24. The summed E-state index contributed by atoms with van der Waals surface area (Å²) in [5.74, 6) is -0.154. The number of hydrogen-bond donors (Lipinski definition) is 1. The lowest BCUT2D eigenvalue weighted by molar-refractivity contribution is 0.0735. The molecular weight excluding hydrogens is 444 g/mol. The predicted molar refractivity (Wildman–Crippen MR) is 114 cm³/mol. The first-order chi connectivity index (χ1) is 13.0. The molecule has 4 rings (SSSR count). The van der Waals surface area contributed by atoms with E-state index in [0.29, 0.717) is 22.7 Å². The lowest BCUT2D eigenvalue weighted by Crippen LogP contribution is -2.35. The molecule has 0 bridgehead atoms. The summed E-state index contributed by atoms with van der Waals surface area (Å²) in [6, 6.07) is 11.2. The van der Waals surface area contributed by atoms with Crippen LogP contribution >= 0.6 is 38.6 Å². The lowest BCUT2D eigenvalue weighted by atomic mass is 10.0. The van der Waals surface area contributed by atoms with Crippen LogP contribution in [0.25, 0.3) is 0 Å². The molecule has 0 aliphatic carbocycles. The number of nitrogens with one attached hydrogen (secondary N) is 1. The predicted octanol–water partition coefficient (Wildman–Crippen LogP) is 5.33. The van der Waals surface area contributed by atoms with Crippen LogP contribution in [0.5, 0.6) is 0 Å². The van der Waals surface area contributed by atoms with Gasteiger partial charge >= 0.3 is 0 Å². The van der Waals surface area contributed by atoms with Gasteiger partial charge in [0, 0.05) is 29.2 Å². The van der Waals surface area contributed by atoms with E-state index in [2.05, 4.69) is 32.7 Å². The van der Waals surface area contributed by atoms with Crippen LogP contribution in [0.1, 0.15) is 36.0 Å². The number of benzene rings is 1. The van der Waals surface area contributed by atoms with Crippen molar-refractivity contribution in [3.63, 3.8) is 0 Å². The maximum Gasteiger partial charge on any atom is 0.265 e. The highest BCUT2D eigenvalue weighted by Crippen LogP contribution is 2.28. The second-order valence-corrected chi connectivity index (χ2v) is 9.85. The Balaban J connectivity index is 1.55. The Hall–Kier alpha value is -1.96. The fourth-order valence-corrected chi connectivity index (χ4v) is 5.39. The lowest BCUT2D eigenvalue weighted by Gasteiger charge is -2.28. The van der Waals surface area contributed by atoms with Crippen molar-refractivity contribution in [3.05, 3.63) is 72.0 Å². The van der Waals surface area contributed by atoms with E-state index in [1.165, 1.54) is 21.8 Å². The van der Waals surface area contributed by atoms with E-state index in [4.69, 9.17) is 0 Å². The molecule has 7 heteroatoms. The molecular formula is C20H17BrN2O2S2. The Kier molecular flexibility index (Phi) is 5.16. The number of anilines is 1. The van der Waals surface area contributed by atoms with Gasteiger partial charge in [-0.15, -0.1) is 22.7 Å². The van der Waals surface area contributed by atoms with Crippen LogP contribution in [0.4, 0.5) is 5.69 Å². The van der Waals surface area contributed by atoms with Gasteiger partial charge in [-0.25, -0.2) is 0 Å². The zero-order chi connectivity index (χ0) is 19.0. The van der Waals surface area contributed by atoms with Crippen LogP contribution in [0.15, 0.2) is 45.6 Å². The molecule has 0 saturated heterocycles. The van der Waals surface area contributed by atoms with Crippen LogP contribution in [-0.4, -0.2) is 23.3 Å². The second kappa shape index (κ2) is 7.58. The molecule has 2 aromatic heterocycles. The number of rotatable bonds is 3. The van der Waals surface area contributed by atoms with Crippen LogP contribution in [0.2, 0.25) is 0 Å². The summed E-state index contributed by atoms with van der Waals surface area (Å²) in [5.41, 5.74) is 3.34. The van der Waals surface area contributed by atoms with E-state index in [-0.39, 0.29) is 11.8 Å². The first kappa shape index (κ1) is 18.4. The Morgan fingerprint density at radius 2 is 2.04 bits per heavy atom. The summed E-state index contributed by atoms with van der Waals surface area (Å²) in [6.45, 7) is 3.26. The summed E-state index contributed by atoms with van der Waals surface area (Å²) in [6.07, 6.45) is 0.904. The van der Waals surface area contributed by atoms with Crippen molar-refractivity contribution in [3.8, 4) is 0 Å². The molecule has 0 radical (unpaired) electrons. The average Bonchev–Trinajstić information content (AvgIpc) is 3.31. The molecule has 1 N–H and O–H groups in total. The molecule has 2 amide bonds. The molecule has 27 heavy (non-hydrogen) atoms. The standard InChI is InChI=1S/C20H17BrN2O2S2/c1-12-14(20(25)23-9-7-16-13(11-23)8-10-26-16)3-2-4-15(12)22-19(24)17-5-6-18(21)27-17/h2-6,8,10H,7,9,11H2,1H3,(H,22,24). The van der Waals surface area contributed by atoms with Crippen molar-refractivity contribution in [1.82, 2.24) is 4.90 Å². The summed E-state index contributed by atoms with van der Waals surface area (Å²) in [4.78, 5) is 29.4. The molecule has 0 fully saturated rings. The van der Waals surface area contributed by atoms with E-state index in [1.807, 2.05) is 36.1 Å². The fourth-order valence-electron chi connectivity index (χ4n) is 3.22. The summed E-state index contributed by atoms with van der Waals surface area (Å²) in [5, 5.41) is 5.02. The molecule has 3 aromatic rings. The Morgan fingerprint density at radius 1 is 1.19 bits per heavy atom. The second-order valence-electron chi connectivity index (χ2n) is 6.38. The SMILES string of the molecule is Cc1c(NC(=O)c2ccc(Br)s2)cccc1C(=O)N1CCc2sccc2C1. The first-order valence-electron chi connectivity index (χ1n) is 8.54. The largest absolute Gasteiger partial charge is 0.334 e. The van der Waals surface area contributed by atoms with E-state index in [9.17, 15) is 9.59 Å². The number of thiophene rings is 2. The van der Waals surface area contributed by atoms with Crippen LogP contribution < -0.4 is 5.32 Å². The average molecular weight is 461 g/mol. The third-order valence-electron chi connectivity index (χ3n) is 4.70. The van der Waals surface area contributed by atoms with Crippen molar-refractivity contribution in [1.29, 1.82) is 0 Å². The van der Waals surface area contributed by atoms with Gasteiger partial charge in [0.05, 0.1) is 8.66 Å². The zero-order valence-corrected chi connectivity index (χ0v) is 17.8. The number of carbonyl (C=O) groups excluding carboxylic acids is 2. The highest BCUT2D eigenvalue weighted by atomic mass is 79.9. The van der Waals surface area contributed by atoms with Crippen molar-refractivity contribution in [2.45, 2.75) is 19.9 Å². The third kappa shape index (κ3) is 3.72. The van der Waals surface area contributed by atoms with Crippen molar-refractivity contribution in [2.24, 2.45) is 0 Å². The molecule has 1 aromatic carbocycles. The van der Waals surface area contributed by atoms with Gasteiger partial charge in [0.25, 0.3) is 11.8 Å². The number of amides is 2. The van der Waals surface area contributed by atoms with Gasteiger partial charge in [-0.05, 0) is 76.1 Å². The van der Waals surface area contributed by atoms with E-state index in [1.54, 1.807) is 17.4 Å². The van der Waals surface area contributed by atoms with Crippen LogP contribution in [0, 0.1) is 6.92 Å². The molecule has 4 nitrogen and oxygen atoms in total. The number of fused-ring (bicyclic) bond motifs is 1. The Morgan fingerprint density at radius 3 is 2.81 bits per heavy atom. The smallest absolute Gasteiger partial charge is 0.265 e. The molecule has 138 valence electrons. The molecule has 0 spiro atoms. The number of carbonyl (C=O) groups is 2. The summed E-state index contributed by atoms with van der Waals surface area (Å²) in [7, 11) is 0. The van der Waals surface area contributed by atoms with E-state index in [0.717, 1.165) is 22.3 Å². The van der Waals surface area contributed by atoms with Gasteiger partial charge in [0.15, 0.2) is 0 Å². The van der Waals surface area contributed by atoms with Gasteiger partial charge in [-0.1, -0.05) is 6.07 Å². The highest BCUT2D eigenvalue weighted by molar-refractivity contribution is 9.11. The van der Waals surface area contributed by atoms with Crippen LogP contribution in [-0.2, 0) is 13.0 Å². The third-order valence-corrected chi connectivity index (χ3v) is 7.35. The summed E-state index contributed by atoms with van der Waals surface area (Å²) >= 11 is 6.51. The number of halogens is 1. The topological polar surface area (TPSA) is 49.4 Å². The molecule has 1 aliphatic rings. The number of hydrogen-bond acceptors (Lipinski definition) is 4. The quantitative estimate of drug-likeness (QED) is 0.573. The van der Waals surface area contributed by atoms with Crippen molar-refractivity contribution >= 4 is 56.1 Å². The minimum atomic E-state index is -0.167. The Labute approximate surface area is 174 Å². The minimum absolute atomic E-state index is 0.0133. The van der Waals surface area contributed by atoms with Crippen molar-refractivity contribution < 1.29 is 9.59 Å². The molecule has 0 saturated carbocycles. The zero-order valence-electron chi connectivity index (χ0n) is 14.6. The van der Waals surface area contributed by atoms with Gasteiger partial charge < -0.3 is 10.2 Å². The van der Waals surface area contributed by atoms with E-state index < -0.39 is 0 Å². The molecule has 0 unspecified atom stereocenters. The molecule has 0 atom stereocenters. The maximum absolute atomic E-state index is 13.1. The van der Waals surface area contributed by atoms with Gasteiger partial charge in [-0.3, -0.25) is 9.59 Å². The number of nitrogens with zero attached hydrogens (tertiary/aromatic N) is 1. The monoisotopic (exact) mass is 460 g/mol. The molecule has 1 aliphatic heterocycles. The molecule has 3 heterocycles. The van der Waals surface area contributed by atoms with Gasteiger partial charge in [0.1, 0.15) is 0 Å². The van der Waals surface area contributed by atoms with E-state index >= 15 is 0 Å². The normalized spacial score (nSPS) is 13.3. The summed E-state index contributed by atoms with van der Waals surface area (Å²) < 4.78 is 0.909. The first-order valence-corrected chi connectivity index (χ1v) is 11.0. The van der Waals surface area contributed by atoms with Crippen molar-refractivity contribution in [2.75, 3.05) is 11.9 Å². The fraction of sp³-hybridized carbons (Fsp3) is 0.200. The minimum Gasteiger partial charge on any atom is -0.334 e. The Bertz CT molecular complexity index is 1020.